The number of nitrogens with one attached hydrogen (secondary N) is 2. The van der Waals surface area contributed by atoms with Gasteiger partial charge in [0.2, 0.25) is 0 Å². The van der Waals surface area contributed by atoms with Crippen LogP contribution in [0.2, 0.25) is 10.0 Å². The lowest BCUT2D eigenvalue weighted by Gasteiger charge is -2.32. The largest absolute Gasteiger partial charge is 0.481 e. The number of carboxylic acid groups (broad SMARTS) is 1. The van der Waals surface area contributed by atoms with Gasteiger partial charge in [0, 0.05) is 31.2 Å². The van der Waals surface area contributed by atoms with E-state index >= 15 is 0 Å². The van der Waals surface area contributed by atoms with E-state index in [0.717, 1.165) is 19.3 Å². The van der Waals surface area contributed by atoms with Gasteiger partial charge in [0.25, 0.3) is 16.8 Å². The third-order valence-corrected chi connectivity index (χ3v) is 6.48. The lowest BCUT2D eigenvalue weighted by atomic mass is 10.0. The minimum absolute atomic E-state index is 0.0863. The van der Waals surface area contributed by atoms with Gasteiger partial charge in [-0.25, -0.2) is 0 Å². The Morgan fingerprint density at radius 2 is 1.63 bits per heavy atom. The number of hydrogen-bond donors (Lipinski definition) is 3. The first-order valence-electron chi connectivity index (χ1n) is 11.0. The van der Waals surface area contributed by atoms with Crippen LogP contribution in [0.1, 0.15) is 47.6 Å². The summed E-state index contributed by atoms with van der Waals surface area (Å²) in [6.07, 6.45) is 5.24. The van der Waals surface area contributed by atoms with Gasteiger partial charge in [-0.05, 0) is 37.0 Å². The molecule has 11 heteroatoms. The van der Waals surface area contributed by atoms with Crippen LogP contribution in [0.15, 0.2) is 46.2 Å². The quantitative estimate of drug-likeness (QED) is 0.385. The van der Waals surface area contributed by atoms with Crippen LogP contribution in [-0.4, -0.2) is 35.1 Å². The summed E-state index contributed by atoms with van der Waals surface area (Å²) in [6.45, 7) is 1.37. The van der Waals surface area contributed by atoms with Gasteiger partial charge in [-0.3, -0.25) is 24.2 Å². The highest BCUT2D eigenvalue weighted by molar-refractivity contribution is 6.40. The van der Waals surface area contributed by atoms with Crippen molar-refractivity contribution in [2.45, 2.75) is 31.7 Å². The van der Waals surface area contributed by atoms with Crippen molar-refractivity contribution in [2.24, 2.45) is 0 Å². The molecule has 1 amide bonds. The zero-order valence-corrected chi connectivity index (χ0v) is 20.0. The summed E-state index contributed by atoms with van der Waals surface area (Å²) in [5, 5.41) is 15.3. The van der Waals surface area contributed by atoms with Gasteiger partial charge in [-0.1, -0.05) is 35.3 Å². The van der Waals surface area contributed by atoms with Crippen LogP contribution in [0, 0.1) is 0 Å². The topological polar surface area (TPSA) is 129 Å². The van der Waals surface area contributed by atoms with Crippen molar-refractivity contribution in [3.63, 3.8) is 0 Å². The zero-order valence-electron chi connectivity index (χ0n) is 18.5. The molecule has 1 aliphatic heterocycles. The molecule has 2 heterocycles. The molecule has 0 radical (unpaired) electrons. The molecule has 1 saturated heterocycles. The first-order chi connectivity index (χ1) is 16.8. The SMILES string of the molecule is O=C(O)C[C@H](Nc1c(N2CCCCC2)c(=O)c1=O)c1ccc(NC(=O)c2c(Cl)cncc2Cl)cc1. The predicted octanol–water partition coefficient (Wildman–Crippen LogP) is 3.85. The molecule has 1 fully saturated rings. The number of pyridine rings is 1. The fourth-order valence-corrected chi connectivity index (χ4v) is 4.69. The summed E-state index contributed by atoms with van der Waals surface area (Å²) >= 11 is 12.1. The van der Waals surface area contributed by atoms with Gasteiger partial charge >= 0.3 is 5.97 Å². The van der Waals surface area contributed by atoms with Crippen molar-refractivity contribution in [3.05, 3.63) is 78.3 Å². The van der Waals surface area contributed by atoms with Crippen molar-refractivity contribution in [3.8, 4) is 0 Å². The number of piperidine rings is 1. The maximum Gasteiger partial charge on any atom is 0.305 e. The van der Waals surface area contributed by atoms with Crippen LogP contribution < -0.4 is 26.4 Å². The molecule has 0 spiro atoms. The molecule has 1 aliphatic rings. The van der Waals surface area contributed by atoms with Crippen molar-refractivity contribution in [1.82, 2.24) is 4.98 Å². The second-order valence-electron chi connectivity index (χ2n) is 8.28. The molecule has 0 unspecified atom stereocenters. The summed E-state index contributed by atoms with van der Waals surface area (Å²) in [4.78, 5) is 54.4. The molecular formula is C24H22Cl2N4O5. The van der Waals surface area contributed by atoms with Crippen molar-refractivity contribution < 1.29 is 14.7 Å². The number of hydrogen-bond acceptors (Lipinski definition) is 7. The third kappa shape index (κ3) is 5.31. The Morgan fingerprint density at radius 3 is 2.23 bits per heavy atom. The Hall–Kier alpha value is -3.43. The fraction of sp³-hybridized carbons (Fsp3) is 0.292. The van der Waals surface area contributed by atoms with E-state index in [2.05, 4.69) is 15.6 Å². The van der Waals surface area contributed by atoms with E-state index in [1.165, 1.54) is 12.4 Å². The van der Waals surface area contributed by atoms with Crippen LogP contribution >= 0.6 is 23.2 Å². The number of aromatic nitrogens is 1. The van der Waals surface area contributed by atoms with Gasteiger partial charge in [0.15, 0.2) is 0 Å². The number of benzene rings is 1. The lowest BCUT2D eigenvalue weighted by Crippen LogP contribution is -2.45. The molecule has 0 aliphatic carbocycles. The number of halogens is 2. The molecule has 3 N–H and O–H groups in total. The van der Waals surface area contributed by atoms with E-state index in [1.54, 1.807) is 24.3 Å². The molecule has 1 atom stereocenters. The molecule has 2 aromatic carbocycles. The van der Waals surface area contributed by atoms with Crippen LogP contribution in [0.3, 0.4) is 0 Å². The third-order valence-electron chi connectivity index (χ3n) is 5.91. The second-order valence-corrected chi connectivity index (χ2v) is 9.09. The number of rotatable bonds is 8. The Balaban J connectivity index is 1.54. The number of carboxylic acids is 1. The van der Waals surface area contributed by atoms with Crippen LogP contribution in [0.5, 0.6) is 0 Å². The van der Waals surface area contributed by atoms with E-state index < -0.39 is 28.8 Å². The van der Waals surface area contributed by atoms with Crippen molar-refractivity contribution >= 4 is 52.1 Å². The van der Waals surface area contributed by atoms with Crippen molar-refractivity contribution in [1.29, 1.82) is 0 Å². The van der Waals surface area contributed by atoms with Gasteiger partial charge in [0.05, 0.1) is 28.1 Å². The standard InChI is InChI=1S/C24H22Cl2N4O5/c25-15-11-27-12-16(26)19(15)24(35)28-14-6-4-13(5-7-14)17(10-18(31)32)29-20-21(23(34)22(20)33)30-8-2-1-3-9-30/h4-7,11-12,17,29H,1-3,8-10H2,(H,28,35)(H,31,32)/t17-/m0/s1. The molecule has 1 aromatic heterocycles. The fourth-order valence-electron chi connectivity index (χ4n) is 4.15. The van der Waals surface area contributed by atoms with Crippen LogP contribution in [-0.2, 0) is 4.79 Å². The van der Waals surface area contributed by atoms with E-state index in [-0.39, 0.29) is 27.7 Å². The van der Waals surface area contributed by atoms with Gasteiger partial charge in [-0.2, -0.15) is 0 Å². The van der Waals surface area contributed by atoms with E-state index in [0.29, 0.717) is 30.0 Å². The number of aliphatic carboxylic acids is 1. The highest BCUT2D eigenvalue weighted by Gasteiger charge is 2.29. The van der Waals surface area contributed by atoms with Gasteiger partial charge in [-0.15, -0.1) is 0 Å². The number of carbonyl (C=O) groups excluding carboxylic acids is 1. The molecular weight excluding hydrogens is 495 g/mol. The number of amides is 1. The average molecular weight is 517 g/mol. The highest BCUT2D eigenvalue weighted by Crippen LogP contribution is 2.30. The summed E-state index contributed by atoms with van der Waals surface area (Å²) in [5.41, 5.74) is 0.389. The number of carbonyl (C=O) groups is 2. The maximum absolute atomic E-state index is 12.6. The van der Waals surface area contributed by atoms with Crippen LogP contribution in [0.4, 0.5) is 17.1 Å². The summed E-state index contributed by atoms with van der Waals surface area (Å²) in [6, 6.07) is 5.71. The minimum atomic E-state index is -1.07. The second kappa shape index (κ2) is 10.5. The first kappa shape index (κ1) is 24.7. The average Bonchev–Trinajstić information content (AvgIpc) is 2.83. The van der Waals surface area contributed by atoms with E-state index in [4.69, 9.17) is 23.2 Å². The summed E-state index contributed by atoms with van der Waals surface area (Å²) in [7, 11) is 0. The van der Waals surface area contributed by atoms with Crippen LogP contribution in [0.25, 0.3) is 0 Å². The van der Waals surface area contributed by atoms with E-state index in [9.17, 15) is 24.3 Å². The molecule has 0 bridgehead atoms. The normalized spacial score (nSPS) is 14.5. The highest BCUT2D eigenvalue weighted by atomic mass is 35.5. The Kier molecular flexibility index (Phi) is 7.37. The molecule has 182 valence electrons. The van der Waals surface area contributed by atoms with Gasteiger partial charge < -0.3 is 20.6 Å². The number of anilines is 3. The Morgan fingerprint density at radius 1 is 1.00 bits per heavy atom. The molecule has 0 saturated carbocycles. The predicted molar refractivity (Wildman–Crippen MR) is 135 cm³/mol. The number of nitrogens with zero attached hydrogens (tertiary/aromatic N) is 2. The Labute approximate surface area is 210 Å². The zero-order chi connectivity index (χ0) is 25.1. The monoisotopic (exact) mass is 516 g/mol. The van der Waals surface area contributed by atoms with E-state index in [1.807, 2.05) is 4.90 Å². The first-order valence-corrected chi connectivity index (χ1v) is 11.8. The summed E-state index contributed by atoms with van der Waals surface area (Å²) < 4.78 is 0. The molecule has 35 heavy (non-hydrogen) atoms. The minimum Gasteiger partial charge on any atom is -0.481 e. The molecule has 4 rings (SSSR count). The maximum atomic E-state index is 12.6. The Bertz CT molecular complexity index is 1310. The van der Waals surface area contributed by atoms with Crippen molar-refractivity contribution in [2.75, 3.05) is 28.6 Å². The smallest absolute Gasteiger partial charge is 0.305 e. The molecule has 3 aromatic rings. The summed E-state index contributed by atoms with van der Waals surface area (Å²) in [5.74, 6) is -1.59. The lowest BCUT2D eigenvalue weighted by molar-refractivity contribution is -0.137. The van der Waals surface area contributed by atoms with Gasteiger partial charge in [0.1, 0.15) is 11.4 Å². The molecule has 9 nitrogen and oxygen atoms in total.